The van der Waals surface area contributed by atoms with Crippen LogP contribution in [0.25, 0.3) is 0 Å². The Balaban J connectivity index is 2.21. The van der Waals surface area contributed by atoms with Gasteiger partial charge in [-0.3, -0.25) is 0 Å². The van der Waals surface area contributed by atoms with Gasteiger partial charge in [-0.2, -0.15) is 0 Å². The first-order chi connectivity index (χ1) is 4.14. The van der Waals surface area contributed by atoms with E-state index < -0.39 is 0 Å². The van der Waals surface area contributed by atoms with Crippen molar-refractivity contribution in [2.75, 3.05) is 6.61 Å². The second kappa shape index (κ2) is 2.27. The van der Waals surface area contributed by atoms with Gasteiger partial charge in [-0.05, 0) is 19.3 Å². The number of hydrogen-bond donors (Lipinski definition) is 2. The number of aliphatic hydroxyl groups excluding tert-OH is 1. The van der Waals surface area contributed by atoms with Gasteiger partial charge in [0.25, 0.3) is 0 Å². The molecular formula is C7H15NO. The molecular weight excluding hydrogens is 114 g/mol. The highest BCUT2D eigenvalue weighted by Gasteiger charge is 2.29. The van der Waals surface area contributed by atoms with Gasteiger partial charge in [0, 0.05) is 5.54 Å². The zero-order chi connectivity index (χ0) is 6.91. The van der Waals surface area contributed by atoms with E-state index in [-0.39, 0.29) is 12.1 Å². The molecule has 1 rings (SSSR count). The van der Waals surface area contributed by atoms with Crippen LogP contribution >= 0.6 is 0 Å². The molecule has 0 spiro atoms. The van der Waals surface area contributed by atoms with Crippen molar-refractivity contribution in [3.8, 4) is 0 Å². The maximum absolute atomic E-state index is 8.75. The van der Waals surface area contributed by atoms with Crippen LogP contribution in [0.15, 0.2) is 0 Å². The topological polar surface area (TPSA) is 46.2 Å². The molecule has 0 amide bonds. The fourth-order valence-corrected chi connectivity index (χ4v) is 1.05. The molecule has 9 heavy (non-hydrogen) atoms. The van der Waals surface area contributed by atoms with Crippen LogP contribution < -0.4 is 5.73 Å². The summed E-state index contributed by atoms with van der Waals surface area (Å²) in [6, 6.07) is 0. The SMILES string of the molecule is CC(N)(CO)CC1CC1. The van der Waals surface area contributed by atoms with Gasteiger partial charge in [-0.25, -0.2) is 0 Å². The van der Waals surface area contributed by atoms with Crippen LogP contribution in [0.5, 0.6) is 0 Å². The van der Waals surface area contributed by atoms with Gasteiger partial charge in [0.2, 0.25) is 0 Å². The number of nitrogens with two attached hydrogens (primary N) is 1. The normalized spacial score (nSPS) is 25.7. The second-order valence-electron chi connectivity index (χ2n) is 3.46. The summed E-state index contributed by atoms with van der Waals surface area (Å²) >= 11 is 0. The van der Waals surface area contributed by atoms with Crippen LogP contribution in [0, 0.1) is 5.92 Å². The highest BCUT2D eigenvalue weighted by molar-refractivity contribution is 4.86. The molecule has 0 radical (unpaired) electrons. The van der Waals surface area contributed by atoms with Crippen molar-refractivity contribution in [3.63, 3.8) is 0 Å². The molecule has 2 heteroatoms. The Bertz CT molecular complexity index is 97.1. The lowest BCUT2D eigenvalue weighted by molar-refractivity contribution is 0.195. The lowest BCUT2D eigenvalue weighted by atomic mass is 9.98. The molecule has 0 heterocycles. The van der Waals surface area contributed by atoms with E-state index in [1.54, 1.807) is 0 Å². The molecule has 1 saturated carbocycles. The van der Waals surface area contributed by atoms with Crippen LogP contribution in [0.2, 0.25) is 0 Å². The van der Waals surface area contributed by atoms with Gasteiger partial charge < -0.3 is 10.8 Å². The third kappa shape index (κ3) is 2.33. The Morgan fingerprint density at radius 3 is 2.56 bits per heavy atom. The monoisotopic (exact) mass is 129 g/mol. The minimum absolute atomic E-state index is 0.115. The maximum atomic E-state index is 8.75. The van der Waals surface area contributed by atoms with Gasteiger partial charge in [-0.15, -0.1) is 0 Å². The molecule has 1 atom stereocenters. The molecule has 0 aromatic carbocycles. The predicted molar refractivity (Wildman–Crippen MR) is 37.0 cm³/mol. The summed E-state index contributed by atoms with van der Waals surface area (Å²) in [4.78, 5) is 0. The highest BCUT2D eigenvalue weighted by Crippen LogP contribution is 2.35. The summed E-state index contributed by atoms with van der Waals surface area (Å²) < 4.78 is 0. The first kappa shape index (κ1) is 7.03. The van der Waals surface area contributed by atoms with Crippen LogP contribution in [-0.2, 0) is 0 Å². The largest absolute Gasteiger partial charge is 0.394 e. The van der Waals surface area contributed by atoms with Crippen LogP contribution in [0.3, 0.4) is 0 Å². The van der Waals surface area contributed by atoms with Gasteiger partial charge in [0.15, 0.2) is 0 Å². The first-order valence-electron chi connectivity index (χ1n) is 3.54. The second-order valence-corrected chi connectivity index (χ2v) is 3.46. The Labute approximate surface area is 56.1 Å². The van der Waals surface area contributed by atoms with E-state index in [0.717, 1.165) is 12.3 Å². The molecule has 3 N–H and O–H groups in total. The molecule has 0 bridgehead atoms. The predicted octanol–water partition coefficient (Wildman–Crippen LogP) is 0.496. The van der Waals surface area contributed by atoms with E-state index in [9.17, 15) is 0 Å². The average molecular weight is 129 g/mol. The lowest BCUT2D eigenvalue weighted by Crippen LogP contribution is -2.40. The third-order valence-electron chi connectivity index (χ3n) is 1.81. The standard InChI is InChI=1S/C7H15NO/c1-7(8,5-9)4-6-2-3-6/h6,9H,2-5,8H2,1H3. The summed E-state index contributed by atoms with van der Waals surface area (Å²) in [6.45, 7) is 2.02. The molecule has 0 saturated heterocycles. The fourth-order valence-electron chi connectivity index (χ4n) is 1.05. The van der Waals surface area contributed by atoms with Crippen molar-refractivity contribution in [1.29, 1.82) is 0 Å². The Kier molecular flexibility index (Phi) is 1.78. The lowest BCUT2D eigenvalue weighted by Gasteiger charge is -2.20. The van der Waals surface area contributed by atoms with Crippen molar-refractivity contribution < 1.29 is 5.11 Å². The number of hydrogen-bond acceptors (Lipinski definition) is 2. The van der Waals surface area contributed by atoms with Crippen molar-refractivity contribution >= 4 is 0 Å². The minimum Gasteiger partial charge on any atom is -0.394 e. The Hall–Kier alpha value is -0.0800. The number of rotatable bonds is 3. The van der Waals surface area contributed by atoms with E-state index in [1.165, 1.54) is 12.8 Å². The van der Waals surface area contributed by atoms with Crippen molar-refractivity contribution in [1.82, 2.24) is 0 Å². The third-order valence-corrected chi connectivity index (χ3v) is 1.81. The molecule has 1 unspecified atom stereocenters. The van der Waals surface area contributed by atoms with Gasteiger partial charge in [-0.1, -0.05) is 12.8 Å². The van der Waals surface area contributed by atoms with E-state index in [4.69, 9.17) is 10.8 Å². The van der Waals surface area contributed by atoms with Gasteiger partial charge in [0.1, 0.15) is 0 Å². The smallest absolute Gasteiger partial charge is 0.0608 e. The van der Waals surface area contributed by atoms with Gasteiger partial charge in [0.05, 0.1) is 6.61 Å². The molecule has 1 aliphatic rings. The summed E-state index contributed by atoms with van der Waals surface area (Å²) in [5, 5.41) is 8.75. The van der Waals surface area contributed by atoms with Crippen LogP contribution in [0.1, 0.15) is 26.2 Å². The van der Waals surface area contributed by atoms with Crippen molar-refractivity contribution in [2.45, 2.75) is 31.7 Å². The van der Waals surface area contributed by atoms with Crippen molar-refractivity contribution in [3.05, 3.63) is 0 Å². The summed E-state index contributed by atoms with van der Waals surface area (Å²) in [6.07, 6.45) is 3.61. The van der Waals surface area contributed by atoms with Crippen LogP contribution in [0.4, 0.5) is 0 Å². The molecule has 0 aromatic rings. The minimum atomic E-state index is -0.318. The summed E-state index contributed by atoms with van der Waals surface area (Å²) in [5.74, 6) is 0.812. The molecule has 54 valence electrons. The van der Waals surface area contributed by atoms with Crippen molar-refractivity contribution in [2.24, 2.45) is 11.7 Å². The fraction of sp³-hybridized carbons (Fsp3) is 1.00. The maximum Gasteiger partial charge on any atom is 0.0608 e. The molecule has 1 fully saturated rings. The van der Waals surface area contributed by atoms with Gasteiger partial charge >= 0.3 is 0 Å². The van der Waals surface area contributed by atoms with E-state index in [0.29, 0.717) is 0 Å². The molecule has 2 nitrogen and oxygen atoms in total. The molecule has 0 aromatic heterocycles. The molecule has 1 aliphatic carbocycles. The van der Waals surface area contributed by atoms with E-state index in [1.807, 2.05) is 6.92 Å². The zero-order valence-electron chi connectivity index (χ0n) is 5.93. The Morgan fingerprint density at radius 2 is 2.22 bits per heavy atom. The van der Waals surface area contributed by atoms with Crippen LogP contribution in [-0.4, -0.2) is 17.3 Å². The van der Waals surface area contributed by atoms with E-state index in [2.05, 4.69) is 0 Å². The zero-order valence-corrected chi connectivity index (χ0v) is 5.93. The van der Waals surface area contributed by atoms with E-state index >= 15 is 0 Å². The highest BCUT2D eigenvalue weighted by atomic mass is 16.3. The first-order valence-corrected chi connectivity index (χ1v) is 3.54. The molecule has 0 aliphatic heterocycles. The average Bonchev–Trinajstić information content (AvgIpc) is 2.50. The Morgan fingerprint density at radius 1 is 1.67 bits per heavy atom. The summed E-state index contributed by atoms with van der Waals surface area (Å²) in [5.41, 5.74) is 5.39. The quantitative estimate of drug-likeness (QED) is 0.582. The number of aliphatic hydroxyl groups is 1. The summed E-state index contributed by atoms with van der Waals surface area (Å²) in [7, 11) is 0.